The van der Waals surface area contributed by atoms with Crippen molar-refractivity contribution in [1.82, 2.24) is 4.90 Å². The Morgan fingerprint density at radius 2 is 2.11 bits per heavy atom. The van der Waals surface area contributed by atoms with E-state index < -0.39 is 0 Å². The molecule has 1 aliphatic rings. The molecule has 1 rings (SSSR count). The van der Waals surface area contributed by atoms with E-state index in [1.54, 1.807) is 0 Å². The van der Waals surface area contributed by atoms with Crippen LogP contribution in [-0.4, -0.2) is 43.3 Å². The zero-order valence-corrected chi connectivity index (χ0v) is 13.3. The van der Waals surface area contributed by atoms with Gasteiger partial charge in [-0.15, -0.1) is 0 Å². The largest absolute Gasteiger partial charge is 0.380 e. The standard InChI is InChI=1S/C16H34N2O/c1-4-6-11-19-12-10-18(5-2)16(14-17)9-7-8-15(3)13-16/h15H,4-14,17H2,1-3H3. The van der Waals surface area contributed by atoms with E-state index in [0.717, 1.165) is 38.8 Å². The van der Waals surface area contributed by atoms with Gasteiger partial charge in [-0.1, -0.05) is 40.0 Å². The zero-order chi connectivity index (χ0) is 14.1. The number of likely N-dealkylation sites (N-methyl/N-ethyl adjacent to an activating group) is 1. The van der Waals surface area contributed by atoms with Gasteiger partial charge in [0.2, 0.25) is 0 Å². The van der Waals surface area contributed by atoms with Crippen molar-refractivity contribution in [2.75, 3.05) is 32.8 Å². The Labute approximate surface area is 119 Å². The van der Waals surface area contributed by atoms with E-state index in [4.69, 9.17) is 10.5 Å². The van der Waals surface area contributed by atoms with E-state index in [0.29, 0.717) is 0 Å². The second kappa shape index (κ2) is 8.93. The average molecular weight is 270 g/mol. The van der Waals surface area contributed by atoms with Crippen LogP contribution in [0.1, 0.15) is 59.3 Å². The first-order valence-electron chi connectivity index (χ1n) is 8.21. The highest BCUT2D eigenvalue weighted by Crippen LogP contribution is 2.36. The third-order valence-electron chi connectivity index (χ3n) is 4.65. The Bertz CT molecular complexity index is 235. The minimum Gasteiger partial charge on any atom is -0.380 e. The van der Waals surface area contributed by atoms with Crippen LogP contribution in [0, 0.1) is 5.92 Å². The first-order valence-corrected chi connectivity index (χ1v) is 8.21. The van der Waals surface area contributed by atoms with Gasteiger partial charge < -0.3 is 10.5 Å². The molecule has 1 saturated carbocycles. The highest BCUT2D eigenvalue weighted by Gasteiger charge is 2.38. The first-order chi connectivity index (χ1) is 9.18. The number of nitrogens with two attached hydrogens (primary N) is 1. The minimum absolute atomic E-state index is 0.237. The van der Waals surface area contributed by atoms with Gasteiger partial charge in [0.25, 0.3) is 0 Å². The molecule has 1 fully saturated rings. The van der Waals surface area contributed by atoms with Crippen LogP contribution in [-0.2, 0) is 4.74 Å². The molecule has 1 aliphatic carbocycles. The third-order valence-corrected chi connectivity index (χ3v) is 4.65. The molecule has 0 aliphatic heterocycles. The van der Waals surface area contributed by atoms with Gasteiger partial charge in [0.15, 0.2) is 0 Å². The van der Waals surface area contributed by atoms with E-state index in [2.05, 4.69) is 25.7 Å². The molecule has 0 saturated heterocycles. The van der Waals surface area contributed by atoms with Crippen molar-refractivity contribution in [2.24, 2.45) is 11.7 Å². The van der Waals surface area contributed by atoms with Crippen LogP contribution >= 0.6 is 0 Å². The lowest BCUT2D eigenvalue weighted by molar-refractivity contribution is 0.0147. The predicted octanol–water partition coefficient (Wildman–Crippen LogP) is 3.03. The summed E-state index contributed by atoms with van der Waals surface area (Å²) in [6, 6.07) is 0. The molecule has 3 nitrogen and oxygen atoms in total. The summed E-state index contributed by atoms with van der Waals surface area (Å²) in [5.41, 5.74) is 6.38. The number of hydrogen-bond donors (Lipinski definition) is 1. The second-order valence-electron chi connectivity index (χ2n) is 6.18. The van der Waals surface area contributed by atoms with Gasteiger partial charge in [-0.2, -0.15) is 0 Å². The molecule has 0 aromatic rings. The summed E-state index contributed by atoms with van der Waals surface area (Å²) < 4.78 is 5.73. The van der Waals surface area contributed by atoms with Crippen molar-refractivity contribution in [1.29, 1.82) is 0 Å². The smallest absolute Gasteiger partial charge is 0.0593 e. The first kappa shape index (κ1) is 16.9. The molecule has 19 heavy (non-hydrogen) atoms. The van der Waals surface area contributed by atoms with E-state index >= 15 is 0 Å². The molecular formula is C16H34N2O. The number of unbranched alkanes of at least 4 members (excludes halogenated alkanes) is 1. The summed E-state index contributed by atoms with van der Waals surface area (Å²) >= 11 is 0. The van der Waals surface area contributed by atoms with Gasteiger partial charge in [-0.3, -0.25) is 4.90 Å². The molecule has 0 aromatic carbocycles. The fourth-order valence-electron chi connectivity index (χ4n) is 3.49. The molecule has 114 valence electrons. The van der Waals surface area contributed by atoms with Gasteiger partial charge in [-0.25, -0.2) is 0 Å². The summed E-state index contributed by atoms with van der Waals surface area (Å²) in [4.78, 5) is 2.58. The van der Waals surface area contributed by atoms with Gasteiger partial charge in [0, 0.05) is 25.2 Å². The topological polar surface area (TPSA) is 38.5 Å². The van der Waals surface area contributed by atoms with Crippen LogP contribution in [0.4, 0.5) is 0 Å². The summed E-state index contributed by atoms with van der Waals surface area (Å²) in [6.07, 6.45) is 7.59. The van der Waals surface area contributed by atoms with Crippen molar-refractivity contribution >= 4 is 0 Å². The van der Waals surface area contributed by atoms with Crippen LogP contribution < -0.4 is 5.73 Å². The lowest BCUT2D eigenvalue weighted by Crippen LogP contribution is -2.57. The van der Waals surface area contributed by atoms with Crippen LogP contribution in [0.5, 0.6) is 0 Å². The van der Waals surface area contributed by atoms with Gasteiger partial charge in [0.1, 0.15) is 0 Å². The summed E-state index contributed by atoms with van der Waals surface area (Å²) in [5, 5.41) is 0. The van der Waals surface area contributed by atoms with E-state index in [-0.39, 0.29) is 5.54 Å². The normalized spacial score (nSPS) is 27.9. The van der Waals surface area contributed by atoms with Crippen molar-refractivity contribution in [3.8, 4) is 0 Å². The highest BCUT2D eigenvalue weighted by molar-refractivity contribution is 4.95. The highest BCUT2D eigenvalue weighted by atomic mass is 16.5. The molecule has 0 aromatic heterocycles. The lowest BCUT2D eigenvalue weighted by Gasteiger charge is -2.47. The molecule has 2 N–H and O–H groups in total. The zero-order valence-electron chi connectivity index (χ0n) is 13.3. The summed E-state index contributed by atoms with van der Waals surface area (Å²) in [5.74, 6) is 0.812. The van der Waals surface area contributed by atoms with Crippen molar-refractivity contribution in [2.45, 2.75) is 64.8 Å². The Hall–Kier alpha value is -0.120. The maximum atomic E-state index is 6.15. The molecule has 0 bridgehead atoms. The van der Waals surface area contributed by atoms with Crippen LogP contribution in [0.2, 0.25) is 0 Å². The molecule has 2 unspecified atom stereocenters. The quantitative estimate of drug-likeness (QED) is 0.655. The van der Waals surface area contributed by atoms with Crippen LogP contribution in [0.15, 0.2) is 0 Å². The maximum absolute atomic E-state index is 6.15. The molecular weight excluding hydrogens is 236 g/mol. The Morgan fingerprint density at radius 3 is 2.68 bits per heavy atom. The van der Waals surface area contributed by atoms with E-state index in [9.17, 15) is 0 Å². The SMILES string of the molecule is CCCCOCCN(CC)C1(CN)CCCC(C)C1. The molecule has 0 heterocycles. The van der Waals surface area contributed by atoms with E-state index in [1.807, 2.05) is 0 Å². The number of hydrogen-bond acceptors (Lipinski definition) is 3. The molecule has 2 atom stereocenters. The van der Waals surface area contributed by atoms with Crippen molar-refractivity contribution in [3.05, 3.63) is 0 Å². The summed E-state index contributed by atoms with van der Waals surface area (Å²) in [6.45, 7) is 11.5. The second-order valence-corrected chi connectivity index (χ2v) is 6.18. The monoisotopic (exact) mass is 270 g/mol. The molecule has 0 spiro atoms. The van der Waals surface area contributed by atoms with E-state index in [1.165, 1.54) is 38.5 Å². The lowest BCUT2D eigenvalue weighted by atomic mass is 9.75. The van der Waals surface area contributed by atoms with Crippen molar-refractivity contribution < 1.29 is 4.74 Å². The Kier molecular flexibility index (Phi) is 7.96. The fraction of sp³-hybridized carbons (Fsp3) is 1.00. The van der Waals surface area contributed by atoms with Crippen molar-refractivity contribution in [3.63, 3.8) is 0 Å². The summed E-state index contributed by atoms with van der Waals surface area (Å²) in [7, 11) is 0. The van der Waals surface area contributed by atoms with Crippen LogP contribution in [0.25, 0.3) is 0 Å². The fourth-order valence-corrected chi connectivity index (χ4v) is 3.49. The maximum Gasteiger partial charge on any atom is 0.0593 e. The number of nitrogens with zero attached hydrogens (tertiary/aromatic N) is 1. The van der Waals surface area contributed by atoms with Crippen LogP contribution in [0.3, 0.4) is 0 Å². The Balaban J connectivity index is 2.45. The average Bonchev–Trinajstić information content (AvgIpc) is 2.42. The van der Waals surface area contributed by atoms with Gasteiger partial charge in [0.05, 0.1) is 6.61 Å². The molecule has 3 heteroatoms. The number of rotatable bonds is 9. The Morgan fingerprint density at radius 1 is 1.32 bits per heavy atom. The molecule has 0 amide bonds. The predicted molar refractivity (Wildman–Crippen MR) is 82.4 cm³/mol. The van der Waals surface area contributed by atoms with Gasteiger partial charge in [-0.05, 0) is 31.7 Å². The van der Waals surface area contributed by atoms with Gasteiger partial charge >= 0.3 is 0 Å². The minimum atomic E-state index is 0.237. The molecule has 0 radical (unpaired) electrons. The number of ether oxygens (including phenoxy) is 1. The third kappa shape index (κ3) is 5.05.